The standard InChI is InChI=1S/C17H21NO/c18-17(15-9-3-1-4-10-15)13-7-8-14-19-16-11-5-2-6-12-16/h1-6,9-12,17H,7-8,13-14,18H2. The number of benzene rings is 2. The lowest BCUT2D eigenvalue weighted by molar-refractivity contribution is 0.303. The Morgan fingerprint density at radius 3 is 2.16 bits per heavy atom. The van der Waals surface area contributed by atoms with E-state index in [1.54, 1.807) is 0 Å². The van der Waals surface area contributed by atoms with Crippen molar-refractivity contribution in [2.24, 2.45) is 5.73 Å². The summed E-state index contributed by atoms with van der Waals surface area (Å²) in [6, 6.07) is 20.3. The highest BCUT2D eigenvalue weighted by Gasteiger charge is 2.04. The molecule has 2 rings (SSSR count). The van der Waals surface area contributed by atoms with Crippen molar-refractivity contribution in [2.75, 3.05) is 6.61 Å². The molecule has 0 saturated carbocycles. The van der Waals surface area contributed by atoms with Crippen molar-refractivity contribution in [3.63, 3.8) is 0 Å². The predicted octanol–water partition coefficient (Wildman–Crippen LogP) is 3.94. The first-order valence-corrected chi connectivity index (χ1v) is 6.84. The lowest BCUT2D eigenvalue weighted by Gasteiger charge is -2.12. The van der Waals surface area contributed by atoms with Gasteiger partial charge in [-0.3, -0.25) is 0 Å². The summed E-state index contributed by atoms with van der Waals surface area (Å²) in [5.41, 5.74) is 7.36. The normalized spacial score (nSPS) is 12.1. The van der Waals surface area contributed by atoms with Crippen LogP contribution in [0.5, 0.6) is 5.75 Å². The minimum absolute atomic E-state index is 0.137. The highest BCUT2D eigenvalue weighted by atomic mass is 16.5. The Bertz CT molecular complexity index is 455. The number of unbranched alkanes of at least 4 members (excludes halogenated alkanes) is 1. The maximum absolute atomic E-state index is 6.15. The van der Waals surface area contributed by atoms with Crippen LogP contribution in [0.2, 0.25) is 0 Å². The summed E-state index contributed by atoms with van der Waals surface area (Å²) in [4.78, 5) is 0. The van der Waals surface area contributed by atoms with E-state index in [1.807, 2.05) is 48.5 Å². The van der Waals surface area contributed by atoms with Crippen molar-refractivity contribution >= 4 is 0 Å². The lowest BCUT2D eigenvalue weighted by Crippen LogP contribution is -2.10. The van der Waals surface area contributed by atoms with Crippen molar-refractivity contribution in [3.8, 4) is 5.75 Å². The average Bonchev–Trinajstić information content (AvgIpc) is 2.49. The zero-order valence-electron chi connectivity index (χ0n) is 11.2. The molecule has 0 radical (unpaired) electrons. The van der Waals surface area contributed by atoms with E-state index in [1.165, 1.54) is 5.56 Å². The summed E-state index contributed by atoms with van der Waals surface area (Å²) in [6.07, 6.45) is 3.13. The molecule has 2 aromatic rings. The molecule has 2 heteroatoms. The van der Waals surface area contributed by atoms with Crippen LogP contribution < -0.4 is 10.5 Å². The van der Waals surface area contributed by atoms with E-state index in [2.05, 4.69) is 12.1 Å². The molecular formula is C17H21NO. The molecule has 1 unspecified atom stereocenters. The van der Waals surface area contributed by atoms with Gasteiger partial charge < -0.3 is 10.5 Å². The van der Waals surface area contributed by atoms with Crippen molar-refractivity contribution in [1.82, 2.24) is 0 Å². The SMILES string of the molecule is NC(CCCCOc1ccccc1)c1ccccc1. The molecular weight excluding hydrogens is 234 g/mol. The Labute approximate surface area is 115 Å². The van der Waals surface area contributed by atoms with Crippen molar-refractivity contribution in [3.05, 3.63) is 66.2 Å². The molecule has 2 nitrogen and oxygen atoms in total. The van der Waals surface area contributed by atoms with Gasteiger partial charge in [-0.15, -0.1) is 0 Å². The number of hydrogen-bond donors (Lipinski definition) is 1. The first kappa shape index (κ1) is 13.6. The van der Waals surface area contributed by atoms with E-state index in [0.717, 1.165) is 31.6 Å². The number of rotatable bonds is 7. The predicted molar refractivity (Wildman–Crippen MR) is 79.2 cm³/mol. The van der Waals surface area contributed by atoms with E-state index < -0.39 is 0 Å². The maximum Gasteiger partial charge on any atom is 0.119 e. The molecule has 0 heterocycles. The van der Waals surface area contributed by atoms with Gasteiger partial charge in [-0.05, 0) is 37.0 Å². The van der Waals surface area contributed by atoms with Gasteiger partial charge in [0, 0.05) is 6.04 Å². The van der Waals surface area contributed by atoms with Crippen LogP contribution in [0.1, 0.15) is 30.9 Å². The maximum atomic E-state index is 6.15. The third-order valence-corrected chi connectivity index (χ3v) is 3.15. The van der Waals surface area contributed by atoms with Gasteiger partial charge in [-0.2, -0.15) is 0 Å². The second-order valence-electron chi connectivity index (χ2n) is 4.67. The van der Waals surface area contributed by atoms with E-state index in [9.17, 15) is 0 Å². The second-order valence-corrected chi connectivity index (χ2v) is 4.67. The van der Waals surface area contributed by atoms with Gasteiger partial charge in [0.25, 0.3) is 0 Å². The molecule has 19 heavy (non-hydrogen) atoms. The van der Waals surface area contributed by atoms with Crippen LogP contribution in [-0.2, 0) is 0 Å². The zero-order chi connectivity index (χ0) is 13.3. The van der Waals surface area contributed by atoms with Gasteiger partial charge in [0.05, 0.1) is 6.61 Å². The molecule has 0 aromatic heterocycles. The molecule has 0 bridgehead atoms. The van der Waals surface area contributed by atoms with Crippen molar-refractivity contribution < 1.29 is 4.74 Å². The average molecular weight is 255 g/mol. The fourth-order valence-electron chi connectivity index (χ4n) is 2.04. The Kier molecular flexibility index (Phi) is 5.45. The Morgan fingerprint density at radius 2 is 1.47 bits per heavy atom. The fraction of sp³-hybridized carbons (Fsp3) is 0.294. The lowest BCUT2D eigenvalue weighted by atomic mass is 10.0. The van der Waals surface area contributed by atoms with Crippen LogP contribution >= 0.6 is 0 Å². The molecule has 2 N–H and O–H groups in total. The molecule has 0 aliphatic heterocycles. The zero-order valence-corrected chi connectivity index (χ0v) is 11.2. The van der Waals surface area contributed by atoms with Gasteiger partial charge in [0.2, 0.25) is 0 Å². The molecule has 0 saturated heterocycles. The minimum atomic E-state index is 0.137. The molecule has 0 spiro atoms. The van der Waals surface area contributed by atoms with Crippen LogP contribution in [0.3, 0.4) is 0 Å². The Morgan fingerprint density at radius 1 is 0.842 bits per heavy atom. The monoisotopic (exact) mass is 255 g/mol. The molecule has 1 atom stereocenters. The highest BCUT2D eigenvalue weighted by Crippen LogP contribution is 2.16. The fourth-order valence-corrected chi connectivity index (χ4v) is 2.04. The van der Waals surface area contributed by atoms with E-state index >= 15 is 0 Å². The summed E-state index contributed by atoms with van der Waals surface area (Å²) in [5, 5.41) is 0. The quantitative estimate of drug-likeness (QED) is 0.761. The van der Waals surface area contributed by atoms with Crippen LogP contribution in [0.15, 0.2) is 60.7 Å². The molecule has 100 valence electrons. The molecule has 2 aromatic carbocycles. The van der Waals surface area contributed by atoms with Crippen LogP contribution in [0.25, 0.3) is 0 Å². The molecule has 0 aliphatic carbocycles. The summed E-state index contributed by atoms with van der Waals surface area (Å²) < 4.78 is 5.65. The summed E-state index contributed by atoms with van der Waals surface area (Å²) >= 11 is 0. The van der Waals surface area contributed by atoms with Crippen molar-refractivity contribution in [2.45, 2.75) is 25.3 Å². The number of para-hydroxylation sites is 1. The smallest absolute Gasteiger partial charge is 0.119 e. The van der Waals surface area contributed by atoms with Gasteiger partial charge in [0.1, 0.15) is 5.75 Å². The van der Waals surface area contributed by atoms with Gasteiger partial charge in [-0.25, -0.2) is 0 Å². The third-order valence-electron chi connectivity index (χ3n) is 3.15. The molecule has 0 aliphatic rings. The van der Waals surface area contributed by atoms with E-state index in [-0.39, 0.29) is 6.04 Å². The number of ether oxygens (including phenoxy) is 1. The first-order chi connectivity index (χ1) is 9.36. The van der Waals surface area contributed by atoms with Crippen molar-refractivity contribution in [1.29, 1.82) is 0 Å². The summed E-state index contributed by atoms with van der Waals surface area (Å²) in [7, 11) is 0. The highest BCUT2D eigenvalue weighted by molar-refractivity contribution is 5.21. The van der Waals surface area contributed by atoms with Crippen LogP contribution in [0.4, 0.5) is 0 Å². The minimum Gasteiger partial charge on any atom is -0.494 e. The topological polar surface area (TPSA) is 35.2 Å². The van der Waals surface area contributed by atoms with E-state index in [0.29, 0.717) is 0 Å². The Balaban J connectivity index is 1.62. The van der Waals surface area contributed by atoms with Crippen LogP contribution in [-0.4, -0.2) is 6.61 Å². The first-order valence-electron chi connectivity index (χ1n) is 6.84. The molecule has 0 fully saturated rings. The second kappa shape index (κ2) is 7.59. The van der Waals surface area contributed by atoms with Gasteiger partial charge in [-0.1, -0.05) is 48.5 Å². The summed E-state index contributed by atoms with van der Waals surface area (Å²) in [6.45, 7) is 0.755. The van der Waals surface area contributed by atoms with Gasteiger partial charge >= 0.3 is 0 Å². The van der Waals surface area contributed by atoms with E-state index in [4.69, 9.17) is 10.5 Å². The van der Waals surface area contributed by atoms with Gasteiger partial charge in [0.15, 0.2) is 0 Å². The molecule has 0 amide bonds. The Hall–Kier alpha value is -1.80. The largest absolute Gasteiger partial charge is 0.494 e. The van der Waals surface area contributed by atoms with Crippen LogP contribution in [0, 0.1) is 0 Å². The summed E-state index contributed by atoms with van der Waals surface area (Å²) in [5.74, 6) is 0.940. The number of hydrogen-bond acceptors (Lipinski definition) is 2. The number of nitrogens with two attached hydrogens (primary N) is 1. The third kappa shape index (κ3) is 4.76.